The van der Waals surface area contributed by atoms with E-state index in [1.165, 1.54) is 5.56 Å². The van der Waals surface area contributed by atoms with Gasteiger partial charge in [-0.2, -0.15) is 0 Å². The van der Waals surface area contributed by atoms with Crippen LogP contribution in [0.1, 0.15) is 32.3 Å². The van der Waals surface area contributed by atoms with Crippen molar-refractivity contribution in [1.29, 1.82) is 0 Å². The van der Waals surface area contributed by atoms with Crippen LogP contribution < -0.4 is 10.5 Å². The van der Waals surface area contributed by atoms with Gasteiger partial charge in [-0.05, 0) is 58.3 Å². The Morgan fingerprint density at radius 1 is 1.21 bits per heavy atom. The van der Waals surface area contributed by atoms with Crippen LogP contribution in [0.2, 0.25) is 0 Å². The van der Waals surface area contributed by atoms with Gasteiger partial charge < -0.3 is 15.4 Å². The van der Waals surface area contributed by atoms with Crippen molar-refractivity contribution in [3.8, 4) is 5.75 Å². The lowest BCUT2D eigenvalue weighted by atomic mass is 10.0. The molecule has 0 radical (unpaired) electrons. The number of hydrogen-bond acceptors (Lipinski definition) is 3. The number of para-hydroxylation sites is 1. The van der Waals surface area contributed by atoms with Crippen LogP contribution in [-0.2, 0) is 6.42 Å². The minimum Gasteiger partial charge on any atom is -0.496 e. The Morgan fingerprint density at radius 3 is 2.53 bits per heavy atom. The zero-order valence-electron chi connectivity index (χ0n) is 12.7. The Balaban J connectivity index is 2.60. The number of nitrogens with zero attached hydrogens (tertiary/aromatic N) is 1. The van der Waals surface area contributed by atoms with Gasteiger partial charge in [0.15, 0.2) is 0 Å². The van der Waals surface area contributed by atoms with E-state index in [1.54, 1.807) is 7.11 Å². The topological polar surface area (TPSA) is 38.5 Å². The SMILES string of the molecule is COc1ccccc1CC(C)N(C)C(C)CCCN. The quantitative estimate of drug-likeness (QED) is 0.784. The first-order valence-electron chi connectivity index (χ1n) is 7.14. The van der Waals surface area contributed by atoms with Crippen LogP contribution in [0.25, 0.3) is 0 Å². The van der Waals surface area contributed by atoms with E-state index in [0.717, 1.165) is 31.6 Å². The van der Waals surface area contributed by atoms with Crippen molar-refractivity contribution in [1.82, 2.24) is 4.90 Å². The molecule has 0 saturated heterocycles. The molecule has 0 bridgehead atoms. The molecule has 19 heavy (non-hydrogen) atoms. The van der Waals surface area contributed by atoms with Crippen LogP contribution in [0.15, 0.2) is 24.3 Å². The molecule has 0 aliphatic rings. The summed E-state index contributed by atoms with van der Waals surface area (Å²) >= 11 is 0. The van der Waals surface area contributed by atoms with E-state index < -0.39 is 0 Å². The first-order valence-corrected chi connectivity index (χ1v) is 7.14. The van der Waals surface area contributed by atoms with Gasteiger partial charge in [0.2, 0.25) is 0 Å². The van der Waals surface area contributed by atoms with Crippen molar-refractivity contribution in [2.24, 2.45) is 5.73 Å². The molecular weight excluding hydrogens is 236 g/mol. The predicted molar refractivity (Wildman–Crippen MR) is 81.7 cm³/mol. The van der Waals surface area contributed by atoms with Gasteiger partial charge >= 0.3 is 0 Å². The third-order valence-electron chi connectivity index (χ3n) is 3.92. The van der Waals surface area contributed by atoms with Crippen molar-refractivity contribution >= 4 is 0 Å². The van der Waals surface area contributed by atoms with Gasteiger partial charge in [-0.1, -0.05) is 18.2 Å². The molecule has 0 aliphatic carbocycles. The van der Waals surface area contributed by atoms with E-state index in [2.05, 4.69) is 37.9 Å². The second kappa shape index (κ2) is 8.18. The van der Waals surface area contributed by atoms with Crippen LogP contribution in [0.3, 0.4) is 0 Å². The average molecular weight is 264 g/mol. The maximum atomic E-state index is 5.58. The molecule has 1 aromatic rings. The van der Waals surface area contributed by atoms with E-state index in [-0.39, 0.29) is 0 Å². The van der Waals surface area contributed by atoms with E-state index in [0.29, 0.717) is 12.1 Å². The fourth-order valence-corrected chi connectivity index (χ4v) is 2.39. The first kappa shape index (κ1) is 16.0. The summed E-state index contributed by atoms with van der Waals surface area (Å²) in [5.41, 5.74) is 6.85. The van der Waals surface area contributed by atoms with Gasteiger partial charge in [0.05, 0.1) is 7.11 Å². The molecule has 3 heteroatoms. The standard InChI is InChI=1S/C16H28N2O/c1-13(8-7-11-17)18(3)14(2)12-15-9-5-6-10-16(15)19-4/h5-6,9-10,13-14H,7-8,11-12,17H2,1-4H3. The Kier molecular flexibility index (Phi) is 6.89. The van der Waals surface area contributed by atoms with Crippen LogP contribution in [-0.4, -0.2) is 37.7 Å². The smallest absolute Gasteiger partial charge is 0.122 e. The highest BCUT2D eigenvalue weighted by Crippen LogP contribution is 2.21. The van der Waals surface area contributed by atoms with Gasteiger partial charge in [-0.15, -0.1) is 0 Å². The van der Waals surface area contributed by atoms with Crippen LogP contribution in [0.5, 0.6) is 5.75 Å². The molecule has 2 N–H and O–H groups in total. The molecule has 0 aromatic heterocycles. The fourth-order valence-electron chi connectivity index (χ4n) is 2.39. The normalized spacial score (nSPS) is 14.4. The summed E-state index contributed by atoms with van der Waals surface area (Å²) < 4.78 is 5.42. The molecule has 2 atom stereocenters. The summed E-state index contributed by atoms with van der Waals surface area (Å²) in [6.07, 6.45) is 3.25. The lowest BCUT2D eigenvalue weighted by Crippen LogP contribution is -2.38. The molecule has 2 unspecified atom stereocenters. The van der Waals surface area contributed by atoms with Gasteiger partial charge in [-0.25, -0.2) is 0 Å². The summed E-state index contributed by atoms with van der Waals surface area (Å²) in [6, 6.07) is 9.31. The van der Waals surface area contributed by atoms with E-state index in [1.807, 2.05) is 12.1 Å². The average Bonchev–Trinajstić information content (AvgIpc) is 2.44. The maximum absolute atomic E-state index is 5.58. The predicted octanol–water partition coefficient (Wildman–Crippen LogP) is 2.69. The fraction of sp³-hybridized carbons (Fsp3) is 0.625. The molecule has 1 rings (SSSR count). The molecule has 1 aromatic carbocycles. The number of hydrogen-bond donors (Lipinski definition) is 1. The van der Waals surface area contributed by atoms with Crippen LogP contribution >= 0.6 is 0 Å². The summed E-state index contributed by atoms with van der Waals surface area (Å²) in [7, 11) is 3.93. The Hall–Kier alpha value is -1.06. The molecule has 0 amide bonds. The summed E-state index contributed by atoms with van der Waals surface area (Å²) in [6.45, 7) is 5.32. The number of likely N-dealkylation sites (N-methyl/N-ethyl adjacent to an activating group) is 1. The summed E-state index contributed by atoms with van der Waals surface area (Å²) in [5, 5.41) is 0. The minimum absolute atomic E-state index is 0.490. The zero-order valence-corrected chi connectivity index (χ0v) is 12.7. The van der Waals surface area contributed by atoms with Crippen LogP contribution in [0, 0.1) is 0 Å². The second-order valence-electron chi connectivity index (χ2n) is 5.31. The molecular formula is C16H28N2O. The lowest BCUT2D eigenvalue weighted by molar-refractivity contribution is 0.184. The van der Waals surface area contributed by atoms with Gasteiger partial charge in [0.1, 0.15) is 5.75 Å². The molecule has 0 aliphatic heterocycles. The Labute approximate surface area is 117 Å². The highest BCUT2D eigenvalue weighted by molar-refractivity contribution is 5.33. The highest BCUT2D eigenvalue weighted by atomic mass is 16.5. The van der Waals surface area contributed by atoms with E-state index in [9.17, 15) is 0 Å². The Bertz CT molecular complexity index is 368. The van der Waals surface area contributed by atoms with Crippen molar-refractivity contribution in [2.75, 3.05) is 20.7 Å². The molecule has 0 heterocycles. The van der Waals surface area contributed by atoms with Gasteiger partial charge in [0, 0.05) is 12.1 Å². The van der Waals surface area contributed by atoms with Gasteiger partial charge in [0.25, 0.3) is 0 Å². The Morgan fingerprint density at radius 2 is 1.89 bits per heavy atom. The van der Waals surface area contributed by atoms with Gasteiger partial charge in [-0.3, -0.25) is 0 Å². The number of nitrogens with two attached hydrogens (primary N) is 1. The molecule has 0 saturated carbocycles. The number of methoxy groups -OCH3 is 1. The largest absolute Gasteiger partial charge is 0.496 e. The lowest BCUT2D eigenvalue weighted by Gasteiger charge is -2.31. The molecule has 3 nitrogen and oxygen atoms in total. The monoisotopic (exact) mass is 264 g/mol. The zero-order chi connectivity index (χ0) is 14.3. The maximum Gasteiger partial charge on any atom is 0.122 e. The third kappa shape index (κ3) is 4.84. The van der Waals surface area contributed by atoms with E-state index in [4.69, 9.17) is 10.5 Å². The van der Waals surface area contributed by atoms with Crippen molar-refractivity contribution < 1.29 is 4.74 Å². The highest BCUT2D eigenvalue weighted by Gasteiger charge is 2.17. The van der Waals surface area contributed by atoms with Crippen molar-refractivity contribution in [3.63, 3.8) is 0 Å². The third-order valence-corrected chi connectivity index (χ3v) is 3.92. The van der Waals surface area contributed by atoms with Crippen molar-refractivity contribution in [2.45, 2.75) is 45.2 Å². The van der Waals surface area contributed by atoms with E-state index >= 15 is 0 Å². The number of rotatable bonds is 8. The summed E-state index contributed by atoms with van der Waals surface area (Å²) in [4.78, 5) is 2.43. The summed E-state index contributed by atoms with van der Waals surface area (Å²) in [5.74, 6) is 0.984. The van der Waals surface area contributed by atoms with Crippen LogP contribution in [0.4, 0.5) is 0 Å². The van der Waals surface area contributed by atoms with Crippen molar-refractivity contribution in [3.05, 3.63) is 29.8 Å². The molecule has 108 valence electrons. The molecule has 0 spiro atoms. The second-order valence-corrected chi connectivity index (χ2v) is 5.31. The minimum atomic E-state index is 0.490. The molecule has 0 fully saturated rings. The number of ether oxygens (including phenoxy) is 1. The number of benzene rings is 1. The first-order chi connectivity index (χ1) is 9.10.